The van der Waals surface area contributed by atoms with Crippen LogP contribution in [-0.2, 0) is 4.74 Å². The van der Waals surface area contributed by atoms with Gasteiger partial charge < -0.3 is 4.74 Å². The van der Waals surface area contributed by atoms with Gasteiger partial charge in [0.25, 0.3) is 0 Å². The van der Waals surface area contributed by atoms with E-state index in [1.54, 1.807) is 6.07 Å². The first kappa shape index (κ1) is 13.0. The highest BCUT2D eigenvalue weighted by Gasteiger charge is 2.26. The molecule has 0 amide bonds. The SMILES string of the molecule is NNC(c1ccc(F)cc1Br)C1CCCOC1. The van der Waals surface area contributed by atoms with Gasteiger partial charge >= 0.3 is 0 Å². The molecule has 94 valence electrons. The van der Waals surface area contributed by atoms with Crippen molar-refractivity contribution in [1.82, 2.24) is 5.43 Å². The fourth-order valence-electron chi connectivity index (χ4n) is 2.26. The topological polar surface area (TPSA) is 47.3 Å². The summed E-state index contributed by atoms with van der Waals surface area (Å²) in [6.07, 6.45) is 2.11. The second-order valence-electron chi connectivity index (χ2n) is 4.29. The molecule has 0 bridgehead atoms. The molecule has 3 nitrogen and oxygen atoms in total. The minimum atomic E-state index is -0.253. The third kappa shape index (κ3) is 3.04. The molecule has 1 fully saturated rings. The van der Waals surface area contributed by atoms with Crippen molar-refractivity contribution >= 4 is 15.9 Å². The van der Waals surface area contributed by atoms with Crippen molar-refractivity contribution in [2.24, 2.45) is 11.8 Å². The van der Waals surface area contributed by atoms with Gasteiger partial charge in [-0.05, 0) is 30.5 Å². The Kier molecular flexibility index (Phi) is 4.50. The molecule has 0 aromatic heterocycles. The molecular weight excluding hydrogens is 287 g/mol. The highest BCUT2D eigenvalue weighted by Crippen LogP contribution is 2.32. The first-order valence-electron chi connectivity index (χ1n) is 5.71. The molecule has 0 saturated carbocycles. The number of hydrazine groups is 1. The average Bonchev–Trinajstić information content (AvgIpc) is 2.34. The fraction of sp³-hybridized carbons (Fsp3) is 0.500. The van der Waals surface area contributed by atoms with Gasteiger partial charge in [-0.3, -0.25) is 11.3 Å². The lowest BCUT2D eigenvalue weighted by atomic mass is 9.89. The van der Waals surface area contributed by atoms with Crippen molar-refractivity contribution in [3.8, 4) is 0 Å². The molecule has 5 heteroatoms. The molecule has 2 rings (SSSR count). The van der Waals surface area contributed by atoms with Crippen LogP contribution in [0.4, 0.5) is 4.39 Å². The van der Waals surface area contributed by atoms with E-state index >= 15 is 0 Å². The Morgan fingerprint density at radius 3 is 2.94 bits per heavy atom. The fourth-order valence-corrected chi connectivity index (χ4v) is 2.86. The zero-order valence-electron chi connectivity index (χ0n) is 9.46. The van der Waals surface area contributed by atoms with Gasteiger partial charge in [0.1, 0.15) is 5.82 Å². The summed E-state index contributed by atoms with van der Waals surface area (Å²) in [6.45, 7) is 1.51. The van der Waals surface area contributed by atoms with Crippen LogP contribution < -0.4 is 11.3 Å². The summed E-state index contributed by atoms with van der Waals surface area (Å²) in [5.74, 6) is 5.70. The van der Waals surface area contributed by atoms with Crippen LogP contribution in [0.3, 0.4) is 0 Å². The predicted octanol–water partition coefficient (Wildman–Crippen LogP) is 2.52. The molecule has 3 N–H and O–H groups in total. The molecule has 1 aromatic carbocycles. The predicted molar refractivity (Wildman–Crippen MR) is 67.7 cm³/mol. The van der Waals surface area contributed by atoms with Crippen LogP contribution in [0.5, 0.6) is 0 Å². The van der Waals surface area contributed by atoms with Crippen molar-refractivity contribution in [3.63, 3.8) is 0 Å². The van der Waals surface area contributed by atoms with E-state index in [0.29, 0.717) is 12.5 Å². The third-order valence-corrected chi connectivity index (χ3v) is 3.83. The molecule has 1 aliphatic heterocycles. The smallest absolute Gasteiger partial charge is 0.124 e. The molecule has 1 aromatic rings. The Morgan fingerprint density at radius 2 is 2.35 bits per heavy atom. The minimum Gasteiger partial charge on any atom is -0.381 e. The molecule has 0 aliphatic carbocycles. The Morgan fingerprint density at radius 1 is 1.53 bits per heavy atom. The zero-order chi connectivity index (χ0) is 12.3. The second kappa shape index (κ2) is 5.91. The molecule has 1 heterocycles. The lowest BCUT2D eigenvalue weighted by Gasteiger charge is -2.30. The zero-order valence-corrected chi connectivity index (χ0v) is 11.0. The van der Waals surface area contributed by atoms with E-state index in [0.717, 1.165) is 29.5 Å². The van der Waals surface area contributed by atoms with Crippen LogP contribution in [0.15, 0.2) is 22.7 Å². The number of benzene rings is 1. The molecule has 1 saturated heterocycles. The summed E-state index contributed by atoms with van der Waals surface area (Å²) >= 11 is 3.38. The Labute approximate surface area is 109 Å². The van der Waals surface area contributed by atoms with E-state index in [2.05, 4.69) is 21.4 Å². The first-order valence-corrected chi connectivity index (χ1v) is 6.50. The number of ether oxygens (including phenoxy) is 1. The number of hydrogen-bond acceptors (Lipinski definition) is 3. The highest BCUT2D eigenvalue weighted by molar-refractivity contribution is 9.10. The van der Waals surface area contributed by atoms with Crippen molar-refractivity contribution in [2.45, 2.75) is 18.9 Å². The number of rotatable bonds is 3. The Balaban J connectivity index is 2.21. The molecule has 0 spiro atoms. The van der Waals surface area contributed by atoms with Crippen molar-refractivity contribution in [2.75, 3.05) is 13.2 Å². The number of halogens is 2. The van der Waals surface area contributed by atoms with Gasteiger partial charge in [-0.1, -0.05) is 22.0 Å². The molecule has 0 radical (unpaired) electrons. The Bertz CT molecular complexity index is 383. The van der Waals surface area contributed by atoms with Gasteiger partial charge in [-0.25, -0.2) is 4.39 Å². The lowest BCUT2D eigenvalue weighted by molar-refractivity contribution is 0.0389. The summed E-state index contributed by atoms with van der Waals surface area (Å²) in [7, 11) is 0. The summed E-state index contributed by atoms with van der Waals surface area (Å²) in [5, 5.41) is 0. The van der Waals surface area contributed by atoms with Gasteiger partial charge in [0.15, 0.2) is 0 Å². The molecule has 17 heavy (non-hydrogen) atoms. The lowest BCUT2D eigenvalue weighted by Crippen LogP contribution is -2.37. The van der Waals surface area contributed by atoms with Crippen LogP contribution in [0.25, 0.3) is 0 Å². The number of nitrogens with one attached hydrogen (secondary N) is 1. The van der Waals surface area contributed by atoms with Gasteiger partial charge in [0.05, 0.1) is 12.6 Å². The molecule has 1 aliphatic rings. The molecule has 2 atom stereocenters. The van der Waals surface area contributed by atoms with Crippen LogP contribution in [0.1, 0.15) is 24.4 Å². The van der Waals surface area contributed by atoms with Crippen LogP contribution in [-0.4, -0.2) is 13.2 Å². The van der Waals surface area contributed by atoms with Crippen molar-refractivity contribution < 1.29 is 9.13 Å². The van der Waals surface area contributed by atoms with Gasteiger partial charge in [0.2, 0.25) is 0 Å². The average molecular weight is 303 g/mol. The summed E-state index contributed by atoms with van der Waals surface area (Å²) in [5.41, 5.74) is 3.79. The Hall–Kier alpha value is -0.490. The number of nitrogens with two attached hydrogens (primary N) is 1. The first-order chi connectivity index (χ1) is 8.22. The third-order valence-electron chi connectivity index (χ3n) is 3.14. The van der Waals surface area contributed by atoms with Gasteiger partial charge in [-0.2, -0.15) is 0 Å². The second-order valence-corrected chi connectivity index (χ2v) is 5.14. The quantitative estimate of drug-likeness (QED) is 0.666. The van der Waals surface area contributed by atoms with E-state index in [9.17, 15) is 4.39 Å². The van der Waals surface area contributed by atoms with Crippen LogP contribution in [0.2, 0.25) is 0 Å². The van der Waals surface area contributed by atoms with Crippen molar-refractivity contribution in [1.29, 1.82) is 0 Å². The highest BCUT2D eigenvalue weighted by atomic mass is 79.9. The van der Waals surface area contributed by atoms with E-state index in [1.165, 1.54) is 12.1 Å². The molecular formula is C12H16BrFN2O. The van der Waals surface area contributed by atoms with Crippen LogP contribution in [0, 0.1) is 11.7 Å². The summed E-state index contributed by atoms with van der Waals surface area (Å²) < 4.78 is 19.3. The van der Waals surface area contributed by atoms with Crippen molar-refractivity contribution in [3.05, 3.63) is 34.1 Å². The van der Waals surface area contributed by atoms with Gasteiger partial charge in [-0.15, -0.1) is 0 Å². The van der Waals surface area contributed by atoms with Crippen LogP contribution >= 0.6 is 15.9 Å². The minimum absolute atomic E-state index is 0.00900. The van der Waals surface area contributed by atoms with Gasteiger partial charge in [0, 0.05) is 17.0 Å². The standard InChI is InChI=1S/C12H16BrFN2O/c13-11-6-9(14)3-4-10(11)12(16-15)8-2-1-5-17-7-8/h3-4,6,8,12,16H,1-2,5,7,15H2. The maximum absolute atomic E-state index is 13.1. The van der Waals surface area contributed by atoms with E-state index in [1.807, 2.05) is 0 Å². The van der Waals surface area contributed by atoms with E-state index in [4.69, 9.17) is 10.6 Å². The van der Waals surface area contributed by atoms with E-state index < -0.39 is 0 Å². The maximum atomic E-state index is 13.1. The monoisotopic (exact) mass is 302 g/mol. The summed E-state index contributed by atoms with van der Waals surface area (Å²) in [6, 6.07) is 4.67. The largest absolute Gasteiger partial charge is 0.381 e. The van der Waals surface area contributed by atoms with E-state index in [-0.39, 0.29) is 11.9 Å². The maximum Gasteiger partial charge on any atom is 0.124 e. The normalized spacial score (nSPS) is 22.4. The summed E-state index contributed by atoms with van der Waals surface area (Å²) in [4.78, 5) is 0. The molecule has 2 unspecified atom stereocenters. The number of hydrogen-bond donors (Lipinski definition) is 2.